The Balaban J connectivity index is 2.82. The smallest absolute Gasteiger partial charge is 0.255 e. The largest absolute Gasteiger partial charge is 0.271 e. The number of hydrazine groups is 1. The van der Waals surface area contributed by atoms with Crippen molar-refractivity contribution in [3.8, 4) is 0 Å². The molecule has 0 fully saturated rings. The molecule has 5 heteroatoms. The lowest BCUT2D eigenvalue weighted by Gasteiger charge is -2.16. The maximum Gasteiger partial charge on any atom is 0.255 e. The van der Waals surface area contributed by atoms with Crippen molar-refractivity contribution >= 4 is 0 Å². The zero-order valence-electron chi connectivity index (χ0n) is 8.31. The monoisotopic (exact) mass is 218 g/mol. The molecular formula is C10H13F3N2. The van der Waals surface area contributed by atoms with Crippen molar-refractivity contribution in [2.75, 3.05) is 0 Å². The van der Waals surface area contributed by atoms with Gasteiger partial charge in [0, 0.05) is 0 Å². The zero-order chi connectivity index (χ0) is 11.4. The summed E-state index contributed by atoms with van der Waals surface area (Å²) in [7, 11) is 0. The molecule has 0 spiro atoms. The summed E-state index contributed by atoms with van der Waals surface area (Å²) in [6, 6.07) is 2.96. The second-order valence-electron chi connectivity index (χ2n) is 3.38. The summed E-state index contributed by atoms with van der Waals surface area (Å²) < 4.78 is 37.6. The van der Waals surface area contributed by atoms with Gasteiger partial charge >= 0.3 is 0 Å². The first-order valence-corrected chi connectivity index (χ1v) is 4.54. The first-order valence-electron chi connectivity index (χ1n) is 4.54. The molecule has 0 saturated carbocycles. The molecule has 1 aromatic carbocycles. The van der Waals surface area contributed by atoms with Crippen molar-refractivity contribution in [1.29, 1.82) is 0 Å². The standard InChI is InChI=1S/C10H13F3N2/c1-6-2-3-8(11)4-7(6)5-9(15-14)10(12)13/h2-4,9-10,15H,5,14H2,1H3. The van der Waals surface area contributed by atoms with E-state index in [4.69, 9.17) is 5.84 Å². The molecule has 0 radical (unpaired) electrons. The normalized spacial score (nSPS) is 13.2. The Morgan fingerprint density at radius 1 is 1.40 bits per heavy atom. The summed E-state index contributed by atoms with van der Waals surface area (Å²) in [4.78, 5) is 0. The maximum absolute atomic E-state index is 12.9. The van der Waals surface area contributed by atoms with Crippen LogP contribution in [0.2, 0.25) is 0 Å². The predicted octanol–water partition coefficient (Wildman–Crippen LogP) is 1.77. The molecule has 2 nitrogen and oxygen atoms in total. The van der Waals surface area contributed by atoms with Crippen LogP contribution >= 0.6 is 0 Å². The summed E-state index contributed by atoms with van der Waals surface area (Å²) in [5, 5.41) is 0. The van der Waals surface area contributed by atoms with Gasteiger partial charge in [-0.05, 0) is 36.6 Å². The highest BCUT2D eigenvalue weighted by atomic mass is 19.3. The molecule has 1 rings (SSSR count). The molecule has 15 heavy (non-hydrogen) atoms. The van der Waals surface area contributed by atoms with Gasteiger partial charge in [-0.15, -0.1) is 0 Å². The Bertz CT molecular complexity index is 328. The van der Waals surface area contributed by atoms with Gasteiger partial charge in [0.2, 0.25) is 0 Å². The van der Waals surface area contributed by atoms with Gasteiger partial charge in [0.15, 0.2) is 0 Å². The molecule has 1 atom stereocenters. The van der Waals surface area contributed by atoms with Crippen LogP contribution in [-0.2, 0) is 6.42 Å². The van der Waals surface area contributed by atoms with E-state index in [-0.39, 0.29) is 6.42 Å². The number of benzene rings is 1. The quantitative estimate of drug-likeness (QED) is 0.597. The van der Waals surface area contributed by atoms with Gasteiger partial charge in [-0.1, -0.05) is 6.07 Å². The molecule has 0 aliphatic carbocycles. The van der Waals surface area contributed by atoms with Crippen LogP contribution in [0.25, 0.3) is 0 Å². The number of hydrogen-bond donors (Lipinski definition) is 2. The summed E-state index contributed by atoms with van der Waals surface area (Å²) in [6.45, 7) is 1.74. The van der Waals surface area contributed by atoms with E-state index in [0.29, 0.717) is 5.56 Å². The second-order valence-corrected chi connectivity index (χ2v) is 3.38. The minimum atomic E-state index is -2.57. The zero-order valence-corrected chi connectivity index (χ0v) is 8.31. The fourth-order valence-corrected chi connectivity index (χ4v) is 1.32. The fourth-order valence-electron chi connectivity index (χ4n) is 1.32. The van der Waals surface area contributed by atoms with Gasteiger partial charge in [0.25, 0.3) is 6.43 Å². The van der Waals surface area contributed by atoms with Crippen LogP contribution in [0.1, 0.15) is 11.1 Å². The lowest BCUT2D eigenvalue weighted by atomic mass is 10.0. The average Bonchev–Trinajstić information content (AvgIpc) is 2.18. The van der Waals surface area contributed by atoms with E-state index in [9.17, 15) is 13.2 Å². The predicted molar refractivity (Wildman–Crippen MR) is 52.0 cm³/mol. The van der Waals surface area contributed by atoms with Gasteiger partial charge in [0.1, 0.15) is 5.82 Å². The van der Waals surface area contributed by atoms with Crippen LogP contribution in [0.4, 0.5) is 13.2 Å². The van der Waals surface area contributed by atoms with Crippen LogP contribution in [-0.4, -0.2) is 12.5 Å². The van der Waals surface area contributed by atoms with Crippen molar-refractivity contribution < 1.29 is 13.2 Å². The molecule has 0 saturated heterocycles. The van der Waals surface area contributed by atoms with Gasteiger partial charge in [-0.3, -0.25) is 11.3 Å². The third kappa shape index (κ3) is 3.21. The van der Waals surface area contributed by atoms with E-state index in [1.807, 2.05) is 5.43 Å². The number of aryl methyl sites for hydroxylation is 1. The molecule has 84 valence electrons. The van der Waals surface area contributed by atoms with E-state index in [0.717, 1.165) is 5.56 Å². The van der Waals surface area contributed by atoms with Gasteiger partial charge in [-0.2, -0.15) is 0 Å². The molecule has 0 heterocycles. The Hall–Kier alpha value is -1.07. The van der Waals surface area contributed by atoms with Crippen molar-refractivity contribution in [2.45, 2.75) is 25.8 Å². The highest BCUT2D eigenvalue weighted by Crippen LogP contribution is 2.14. The van der Waals surface area contributed by atoms with E-state index in [2.05, 4.69) is 0 Å². The maximum atomic E-state index is 12.9. The van der Waals surface area contributed by atoms with Crippen LogP contribution in [0.15, 0.2) is 18.2 Å². The van der Waals surface area contributed by atoms with Gasteiger partial charge in [-0.25, -0.2) is 13.2 Å². The number of nitrogens with one attached hydrogen (secondary N) is 1. The second kappa shape index (κ2) is 5.14. The van der Waals surface area contributed by atoms with E-state index >= 15 is 0 Å². The molecule has 0 amide bonds. The first-order chi connectivity index (χ1) is 7.04. The van der Waals surface area contributed by atoms with E-state index < -0.39 is 18.3 Å². The van der Waals surface area contributed by atoms with Gasteiger partial charge < -0.3 is 0 Å². The van der Waals surface area contributed by atoms with Gasteiger partial charge in [0.05, 0.1) is 6.04 Å². The molecule has 3 N–H and O–H groups in total. The summed E-state index contributed by atoms with van der Waals surface area (Å²) in [6.07, 6.45) is -2.56. The third-order valence-corrected chi connectivity index (χ3v) is 2.27. The van der Waals surface area contributed by atoms with Crippen molar-refractivity contribution in [3.63, 3.8) is 0 Å². The number of nitrogens with two attached hydrogens (primary N) is 1. The van der Waals surface area contributed by atoms with Crippen molar-refractivity contribution in [3.05, 3.63) is 35.1 Å². The Kier molecular flexibility index (Phi) is 4.11. The van der Waals surface area contributed by atoms with Crippen LogP contribution in [0, 0.1) is 12.7 Å². The molecule has 0 aliphatic heterocycles. The highest BCUT2D eigenvalue weighted by Gasteiger charge is 2.19. The third-order valence-electron chi connectivity index (χ3n) is 2.27. The van der Waals surface area contributed by atoms with Crippen LogP contribution in [0.5, 0.6) is 0 Å². The van der Waals surface area contributed by atoms with E-state index in [1.54, 1.807) is 13.0 Å². The number of hydrogen-bond acceptors (Lipinski definition) is 2. The lowest BCUT2D eigenvalue weighted by molar-refractivity contribution is 0.0983. The Labute approximate surface area is 86.2 Å². The summed E-state index contributed by atoms with van der Waals surface area (Å²) in [5.41, 5.74) is 3.34. The molecule has 0 bridgehead atoms. The lowest BCUT2D eigenvalue weighted by Crippen LogP contribution is -2.42. The molecule has 0 aromatic heterocycles. The molecular weight excluding hydrogens is 205 g/mol. The van der Waals surface area contributed by atoms with Crippen molar-refractivity contribution in [2.24, 2.45) is 5.84 Å². The number of rotatable bonds is 4. The van der Waals surface area contributed by atoms with Crippen LogP contribution < -0.4 is 11.3 Å². The highest BCUT2D eigenvalue weighted by molar-refractivity contribution is 5.27. The molecule has 1 aromatic rings. The minimum Gasteiger partial charge on any atom is -0.271 e. The van der Waals surface area contributed by atoms with Crippen LogP contribution in [0.3, 0.4) is 0 Å². The van der Waals surface area contributed by atoms with Crippen molar-refractivity contribution in [1.82, 2.24) is 5.43 Å². The Morgan fingerprint density at radius 3 is 2.60 bits per heavy atom. The topological polar surface area (TPSA) is 38.0 Å². The molecule has 0 aliphatic rings. The fraction of sp³-hybridized carbons (Fsp3) is 0.400. The van der Waals surface area contributed by atoms with E-state index in [1.165, 1.54) is 12.1 Å². The summed E-state index contributed by atoms with van der Waals surface area (Å²) in [5.74, 6) is 4.56. The number of halogens is 3. The SMILES string of the molecule is Cc1ccc(F)cc1CC(NN)C(F)F. The number of alkyl halides is 2. The Morgan fingerprint density at radius 2 is 2.07 bits per heavy atom. The first kappa shape index (κ1) is 12.0. The summed E-state index contributed by atoms with van der Waals surface area (Å²) >= 11 is 0. The minimum absolute atomic E-state index is 0.0117. The average molecular weight is 218 g/mol. The molecule has 1 unspecified atom stereocenters.